The summed E-state index contributed by atoms with van der Waals surface area (Å²) >= 11 is 1.68. The lowest BCUT2D eigenvalue weighted by Crippen LogP contribution is -2.44. The highest BCUT2D eigenvalue weighted by Crippen LogP contribution is 2.19. The van der Waals surface area contributed by atoms with Crippen LogP contribution < -0.4 is 10.6 Å². The first-order chi connectivity index (χ1) is 10.1. The van der Waals surface area contributed by atoms with Crippen LogP contribution in [0.5, 0.6) is 0 Å². The van der Waals surface area contributed by atoms with E-state index < -0.39 is 5.60 Å². The van der Waals surface area contributed by atoms with E-state index in [2.05, 4.69) is 21.7 Å². The first-order valence-corrected chi connectivity index (χ1v) is 7.80. The monoisotopic (exact) mass is 307 g/mol. The summed E-state index contributed by atoms with van der Waals surface area (Å²) in [6.07, 6.45) is 1.56. The van der Waals surface area contributed by atoms with Gasteiger partial charge >= 0.3 is 0 Å². The molecule has 2 aromatic heterocycles. The van der Waals surface area contributed by atoms with Crippen LogP contribution >= 0.6 is 11.3 Å². The van der Waals surface area contributed by atoms with Gasteiger partial charge in [0, 0.05) is 11.4 Å². The van der Waals surface area contributed by atoms with Crippen LogP contribution in [0.2, 0.25) is 0 Å². The Morgan fingerprint density at radius 1 is 1.38 bits per heavy atom. The highest BCUT2D eigenvalue weighted by atomic mass is 32.1. The van der Waals surface area contributed by atoms with Gasteiger partial charge in [0.15, 0.2) is 5.96 Å². The first kappa shape index (κ1) is 15.6. The van der Waals surface area contributed by atoms with Crippen molar-refractivity contribution in [2.24, 2.45) is 4.99 Å². The van der Waals surface area contributed by atoms with E-state index in [9.17, 15) is 5.11 Å². The molecule has 0 spiro atoms. The Bertz CT molecular complexity index is 548. The summed E-state index contributed by atoms with van der Waals surface area (Å²) in [7, 11) is 0. The minimum atomic E-state index is -1.08. The third-order valence-electron chi connectivity index (χ3n) is 2.97. The van der Waals surface area contributed by atoms with Gasteiger partial charge in [0.05, 0.1) is 19.4 Å². The molecule has 0 fully saturated rings. The topological polar surface area (TPSA) is 69.8 Å². The maximum Gasteiger partial charge on any atom is 0.191 e. The molecule has 3 N–H and O–H groups in total. The zero-order valence-corrected chi connectivity index (χ0v) is 13.1. The highest BCUT2D eigenvalue weighted by Gasteiger charge is 2.26. The fraction of sp³-hybridized carbons (Fsp3) is 0.400. The SMILES string of the molecule is CCNC(=NCc1cccs1)NCC(C)(O)c1ccco1. The molecule has 0 bridgehead atoms. The van der Waals surface area contributed by atoms with Crippen LogP contribution in [-0.2, 0) is 12.1 Å². The summed E-state index contributed by atoms with van der Waals surface area (Å²) in [6.45, 7) is 5.42. The van der Waals surface area contributed by atoms with Gasteiger partial charge in [-0.2, -0.15) is 0 Å². The van der Waals surface area contributed by atoms with E-state index in [0.717, 1.165) is 6.54 Å². The number of nitrogens with one attached hydrogen (secondary N) is 2. The molecule has 0 aliphatic rings. The molecule has 0 aromatic carbocycles. The van der Waals surface area contributed by atoms with Gasteiger partial charge in [0.25, 0.3) is 0 Å². The smallest absolute Gasteiger partial charge is 0.191 e. The minimum Gasteiger partial charge on any atom is -0.466 e. The fourth-order valence-corrected chi connectivity index (χ4v) is 2.46. The van der Waals surface area contributed by atoms with E-state index in [1.54, 1.807) is 36.7 Å². The maximum absolute atomic E-state index is 10.4. The second-order valence-electron chi connectivity index (χ2n) is 4.88. The molecule has 0 amide bonds. The van der Waals surface area contributed by atoms with E-state index >= 15 is 0 Å². The summed E-state index contributed by atoms with van der Waals surface area (Å²) in [5, 5.41) is 18.8. The second kappa shape index (κ2) is 7.28. The van der Waals surface area contributed by atoms with Gasteiger partial charge in [-0.1, -0.05) is 6.07 Å². The highest BCUT2D eigenvalue weighted by molar-refractivity contribution is 7.09. The van der Waals surface area contributed by atoms with Crippen molar-refractivity contribution < 1.29 is 9.52 Å². The number of aliphatic imine (C=N–C) groups is 1. The van der Waals surface area contributed by atoms with Crippen LogP contribution in [0.25, 0.3) is 0 Å². The van der Waals surface area contributed by atoms with Crippen LogP contribution in [-0.4, -0.2) is 24.2 Å². The number of thiophene rings is 1. The number of nitrogens with zero attached hydrogens (tertiary/aromatic N) is 1. The van der Waals surface area contributed by atoms with E-state index in [4.69, 9.17) is 4.42 Å². The third kappa shape index (κ3) is 4.61. The number of aliphatic hydroxyl groups is 1. The van der Waals surface area contributed by atoms with Gasteiger partial charge in [-0.05, 0) is 37.4 Å². The van der Waals surface area contributed by atoms with Crippen molar-refractivity contribution in [3.05, 3.63) is 46.5 Å². The first-order valence-electron chi connectivity index (χ1n) is 6.93. The molecule has 5 nitrogen and oxygen atoms in total. The molecule has 21 heavy (non-hydrogen) atoms. The van der Waals surface area contributed by atoms with Gasteiger partial charge < -0.3 is 20.2 Å². The predicted octanol–water partition coefficient (Wildman–Crippen LogP) is 2.30. The third-order valence-corrected chi connectivity index (χ3v) is 3.83. The zero-order chi connectivity index (χ0) is 15.1. The lowest BCUT2D eigenvalue weighted by Gasteiger charge is -2.22. The summed E-state index contributed by atoms with van der Waals surface area (Å²) in [5.74, 6) is 1.21. The van der Waals surface area contributed by atoms with Crippen LogP contribution in [0.15, 0.2) is 45.3 Å². The molecule has 2 rings (SSSR count). The molecule has 0 aliphatic carbocycles. The van der Waals surface area contributed by atoms with Crippen molar-refractivity contribution >= 4 is 17.3 Å². The maximum atomic E-state index is 10.4. The molecule has 6 heteroatoms. The van der Waals surface area contributed by atoms with Gasteiger partial charge in [0.2, 0.25) is 0 Å². The lowest BCUT2D eigenvalue weighted by molar-refractivity contribution is 0.0386. The van der Waals surface area contributed by atoms with Crippen LogP contribution in [0, 0.1) is 0 Å². The number of hydrogen-bond acceptors (Lipinski definition) is 4. The summed E-state index contributed by atoms with van der Waals surface area (Å²) < 4.78 is 5.26. The van der Waals surface area contributed by atoms with Gasteiger partial charge in [-0.3, -0.25) is 0 Å². The Hall–Kier alpha value is -1.79. The average molecular weight is 307 g/mol. The number of furan rings is 1. The van der Waals surface area contributed by atoms with Crippen LogP contribution in [0.4, 0.5) is 0 Å². The number of rotatable bonds is 6. The van der Waals surface area contributed by atoms with Gasteiger partial charge in [-0.15, -0.1) is 11.3 Å². The molecule has 2 heterocycles. The predicted molar refractivity (Wildman–Crippen MR) is 85.4 cm³/mol. The molecule has 0 saturated heterocycles. The Kier molecular flexibility index (Phi) is 5.41. The van der Waals surface area contributed by atoms with Crippen LogP contribution in [0.1, 0.15) is 24.5 Å². The Morgan fingerprint density at radius 3 is 2.86 bits per heavy atom. The van der Waals surface area contributed by atoms with Crippen LogP contribution in [0.3, 0.4) is 0 Å². The van der Waals surface area contributed by atoms with Gasteiger partial charge in [0.1, 0.15) is 11.4 Å². The van der Waals surface area contributed by atoms with Crippen molar-refractivity contribution in [1.82, 2.24) is 10.6 Å². The Morgan fingerprint density at radius 2 is 2.24 bits per heavy atom. The average Bonchev–Trinajstić information content (AvgIpc) is 3.14. The Balaban J connectivity index is 1.95. The standard InChI is InChI=1S/C15H21N3O2S/c1-3-16-14(17-10-12-6-5-9-21-12)18-11-15(2,19)13-7-4-8-20-13/h4-9,19H,3,10-11H2,1-2H3,(H2,16,17,18). The quantitative estimate of drug-likeness (QED) is 0.566. The van der Waals surface area contributed by atoms with Crippen molar-refractivity contribution in [1.29, 1.82) is 0 Å². The number of hydrogen-bond donors (Lipinski definition) is 3. The summed E-state index contributed by atoms with van der Waals surface area (Å²) in [4.78, 5) is 5.70. The van der Waals surface area contributed by atoms with Crippen molar-refractivity contribution in [2.75, 3.05) is 13.1 Å². The fourth-order valence-electron chi connectivity index (χ4n) is 1.83. The molecule has 114 valence electrons. The molecule has 0 radical (unpaired) electrons. The lowest BCUT2D eigenvalue weighted by atomic mass is 10.0. The molecular formula is C15H21N3O2S. The van der Waals surface area contributed by atoms with Crippen molar-refractivity contribution in [3.8, 4) is 0 Å². The number of guanidine groups is 1. The van der Waals surface area contributed by atoms with Crippen molar-refractivity contribution in [3.63, 3.8) is 0 Å². The normalized spacial score (nSPS) is 14.7. The summed E-state index contributed by atoms with van der Waals surface area (Å²) in [5.41, 5.74) is -1.08. The van der Waals surface area contributed by atoms with E-state index in [1.807, 2.05) is 18.4 Å². The molecular weight excluding hydrogens is 286 g/mol. The van der Waals surface area contributed by atoms with Crippen molar-refractivity contribution in [2.45, 2.75) is 26.0 Å². The largest absolute Gasteiger partial charge is 0.466 e. The zero-order valence-electron chi connectivity index (χ0n) is 12.3. The van der Waals surface area contributed by atoms with E-state index in [1.165, 1.54) is 4.88 Å². The van der Waals surface area contributed by atoms with E-state index in [0.29, 0.717) is 24.8 Å². The molecule has 0 saturated carbocycles. The summed E-state index contributed by atoms with van der Waals surface area (Å²) in [6, 6.07) is 7.59. The Labute approximate surface area is 128 Å². The van der Waals surface area contributed by atoms with Gasteiger partial charge in [-0.25, -0.2) is 4.99 Å². The molecule has 1 unspecified atom stereocenters. The molecule has 1 atom stereocenters. The minimum absolute atomic E-state index is 0.316. The second-order valence-corrected chi connectivity index (χ2v) is 5.91. The molecule has 2 aromatic rings. The van der Waals surface area contributed by atoms with E-state index in [-0.39, 0.29) is 0 Å². The molecule has 0 aliphatic heterocycles.